The first kappa shape index (κ1) is 21.0. The molecular formula is C25H33F2N. The van der Waals surface area contributed by atoms with E-state index < -0.39 is 0 Å². The SMILES string of the molecule is N#Cc1ccc(C2CCC(C3CCC(CCCC/C=C/F)CC3)CC2)cc1F. The highest BCUT2D eigenvalue weighted by Gasteiger charge is 2.31. The molecule has 28 heavy (non-hydrogen) atoms. The molecule has 0 atom stereocenters. The van der Waals surface area contributed by atoms with Gasteiger partial charge in [0.05, 0.1) is 11.9 Å². The van der Waals surface area contributed by atoms with Crippen LogP contribution in [0.2, 0.25) is 0 Å². The molecule has 0 amide bonds. The molecule has 3 rings (SSSR count). The van der Waals surface area contributed by atoms with Gasteiger partial charge in [-0.25, -0.2) is 8.78 Å². The minimum atomic E-state index is -0.374. The summed E-state index contributed by atoms with van der Waals surface area (Å²) in [6.45, 7) is 0. The van der Waals surface area contributed by atoms with Crippen LogP contribution in [0.4, 0.5) is 8.78 Å². The minimum absolute atomic E-state index is 0.146. The third kappa shape index (κ3) is 5.66. The fourth-order valence-corrected chi connectivity index (χ4v) is 5.51. The molecule has 0 bridgehead atoms. The van der Waals surface area contributed by atoms with Crippen molar-refractivity contribution in [2.24, 2.45) is 17.8 Å². The first-order chi connectivity index (χ1) is 13.7. The normalized spacial score (nSPS) is 28.3. The fourth-order valence-electron chi connectivity index (χ4n) is 5.51. The van der Waals surface area contributed by atoms with E-state index in [4.69, 9.17) is 5.26 Å². The van der Waals surface area contributed by atoms with Crippen LogP contribution in [0.1, 0.15) is 94.1 Å². The second-order valence-corrected chi connectivity index (χ2v) is 8.89. The van der Waals surface area contributed by atoms with E-state index in [9.17, 15) is 8.78 Å². The maximum Gasteiger partial charge on any atom is 0.141 e. The predicted octanol–water partition coefficient (Wildman–Crippen LogP) is 7.82. The van der Waals surface area contributed by atoms with E-state index in [1.165, 1.54) is 51.4 Å². The standard InChI is InChI=1S/C25H33F2N/c26-16-4-2-1-3-5-19-6-8-20(9-7-19)21-10-12-22(13-11-21)23-14-15-24(18-28)25(27)17-23/h4,14-17,19-22H,1-3,5-13H2/b16-4+. The molecule has 0 heterocycles. The van der Waals surface area contributed by atoms with Gasteiger partial charge in [-0.1, -0.05) is 37.8 Å². The van der Waals surface area contributed by atoms with Crippen molar-refractivity contribution in [3.8, 4) is 6.07 Å². The molecule has 0 aromatic heterocycles. The second-order valence-electron chi connectivity index (χ2n) is 8.89. The summed E-state index contributed by atoms with van der Waals surface area (Å²) < 4.78 is 25.9. The quantitative estimate of drug-likeness (QED) is 0.439. The number of hydrogen-bond donors (Lipinski definition) is 0. The van der Waals surface area contributed by atoms with E-state index in [0.717, 1.165) is 49.0 Å². The van der Waals surface area contributed by atoms with Gasteiger partial charge in [0.25, 0.3) is 0 Å². The first-order valence-electron chi connectivity index (χ1n) is 11.2. The number of benzene rings is 1. The molecule has 3 heteroatoms. The van der Waals surface area contributed by atoms with Gasteiger partial charge in [0.1, 0.15) is 11.9 Å². The lowest BCUT2D eigenvalue weighted by atomic mass is 9.68. The highest BCUT2D eigenvalue weighted by atomic mass is 19.1. The largest absolute Gasteiger partial charge is 0.216 e. The Labute approximate surface area is 168 Å². The van der Waals surface area contributed by atoms with Crippen LogP contribution < -0.4 is 0 Å². The Bertz CT molecular complexity index is 674. The van der Waals surface area contributed by atoms with E-state index in [2.05, 4.69) is 0 Å². The molecule has 1 aromatic carbocycles. The molecule has 2 aliphatic rings. The van der Waals surface area contributed by atoms with Crippen molar-refractivity contribution < 1.29 is 8.78 Å². The van der Waals surface area contributed by atoms with Crippen LogP contribution in [0.15, 0.2) is 30.6 Å². The van der Waals surface area contributed by atoms with Crippen LogP contribution in [-0.4, -0.2) is 0 Å². The topological polar surface area (TPSA) is 23.8 Å². The Morgan fingerprint density at radius 1 is 0.964 bits per heavy atom. The monoisotopic (exact) mass is 385 g/mol. The van der Waals surface area contributed by atoms with Crippen LogP contribution in [0.25, 0.3) is 0 Å². The molecule has 1 aromatic rings. The van der Waals surface area contributed by atoms with Crippen LogP contribution in [0.5, 0.6) is 0 Å². The molecule has 2 aliphatic carbocycles. The third-order valence-electron chi connectivity index (χ3n) is 7.24. The van der Waals surface area contributed by atoms with Crippen molar-refractivity contribution in [2.45, 2.75) is 83.0 Å². The number of allylic oxidation sites excluding steroid dienone is 1. The van der Waals surface area contributed by atoms with Gasteiger partial charge in [0.15, 0.2) is 0 Å². The molecule has 0 spiro atoms. The van der Waals surface area contributed by atoms with Gasteiger partial charge < -0.3 is 0 Å². The maximum absolute atomic E-state index is 13.9. The third-order valence-corrected chi connectivity index (χ3v) is 7.24. The summed E-state index contributed by atoms with van der Waals surface area (Å²) in [5.74, 6) is 2.68. The first-order valence-corrected chi connectivity index (χ1v) is 11.2. The van der Waals surface area contributed by atoms with Crippen molar-refractivity contribution in [1.29, 1.82) is 5.26 Å². The Kier molecular flexibility index (Phi) is 8.07. The van der Waals surface area contributed by atoms with Gasteiger partial charge in [0, 0.05) is 0 Å². The molecule has 2 fully saturated rings. The van der Waals surface area contributed by atoms with Crippen molar-refractivity contribution >= 4 is 0 Å². The molecule has 0 radical (unpaired) electrons. The van der Waals surface area contributed by atoms with E-state index in [0.29, 0.717) is 12.2 Å². The van der Waals surface area contributed by atoms with Crippen LogP contribution >= 0.6 is 0 Å². The van der Waals surface area contributed by atoms with Gasteiger partial charge in [-0.2, -0.15) is 5.26 Å². The summed E-state index contributed by atoms with van der Waals surface area (Å²) in [6, 6.07) is 7.07. The van der Waals surface area contributed by atoms with Gasteiger partial charge in [-0.05, 0) is 92.7 Å². The number of hydrogen-bond acceptors (Lipinski definition) is 1. The van der Waals surface area contributed by atoms with Gasteiger partial charge in [-0.15, -0.1) is 0 Å². The Morgan fingerprint density at radius 3 is 2.25 bits per heavy atom. The van der Waals surface area contributed by atoms with Crippen LogP contribution in [0, 0.1) is 34.9 Å². The number of nitriles is 1. The average molecular weight is 386 g/mol. The molecule has 0 N–H and O–H groups in total. The number of halogens is 2. The van der Waals surface area contributed by atoms with Crippen molar-refractivity contribution in [2.75, 3.05) is 0 Å². The summed E-state index contributed by atoms with van der Waals surface area (Å²) in [5, 5.41) is 8.89. The number of unbranched alkanes of at least 4 members (excludes halogenated alkanes) is 2. The number of rotatable bonds is 7. The van der Waals surface area contributed by atoms with Crippen molar-refractivity contribution in [3.63, 3.8) is 0 Å². The minimum Gasteiger partial charge on any atom is -0.216 e. The summed E-state index contributed by atoms with van der Waals surface area (Å²) in [6.07, 6.45) is 17.1. The Morgan fingerprint density at radius 2 is 1.64 bits per heavy atom. The van der Waals surface area contributed by atoms with Gasteiger partial charge >= 0.3 is 0 Å². The van der Waals surface area contributed by atoms with E-state index in [-0.39, 0.29) is 11.4 Å². The second kappa shape index (κ2) is 10.7. The molecule has 152 valence electrons. The lowest BCUT2D eigenvalue weighted by molar-refractivity contribution is 0.155. The average Bonchev–Trinajstić information content (AvgIpc) is 2.74. The zero-order valence-electron chi connectivity index (χ0n) is 16.9. The zero-order valence-corrected chi connectivity index (χ0v) is 16.9. The van der Waals surface area contributed by atoms with Gasteiger partial charge in [0.2, 0.25) is 0 Å². The summed E-state index contributed by atoms with van der Waals surface area (Å²) in [5.41, 5.74) is 1.22. The fraction of sp³-hybridized carbons (Fsp3) is 0.640. The summed E-state index contributed by atoms with van der Waals surface area (Å²) in [7, 11) is 0. The maximum atomic E-state index is 13.9. The molecular weight excluding hydrogens is 352 g/mol. The molecule has 1 nitrogen and oxygen atoms in total. The highest BCUT2D eigenvalue weighted by Crippen LogP contribution is 2.44. The summed E-state index contributed by atoms with van der Waals surface area (Å²) in [4.78, 5) is 0. The molecule has 2 saturated carbocycles. The lowest BCUT2D eigenvalue weighted by Gasteiger charge is -2.38. The lowest BCUT2D eigenvalue weighted by Crippen LogP contribution is -2.25. The van der Waals surface area contributed by atoms with E-state index in [1.807, 2.05) is 12.1 Å². The zero-order chi connectivity index (χ0) is 19.8. The predicted molar refractivity (Wildman–Crippen MR) is 110 cm³/mol. The Balaban J connectivity index is 1.39. The van der Waals surface area contributed by atoms with E-state index in [1.54, 1.807) is 18.2 Å². The molecule has 0 aliphatic heterocycles. The van der Waals surface area contributed by atoms with Crippen LogP contribution in [-0.2, 0) is 0 Å². The Hall–Kier alpha value is -1.69. The smallest absolute Gasteiger partial charge is 0.141 e. The highest BCUT2D eigenvalue weighted by molar-refractivity contribution is 5.34. The van der Waals surface area contributed by atoms with Crippen molar-refractivity contribution in [1.82, 2.24) is 0 Å². The van der Waals surface area contributed by atoms with E-state index >= 15 is 0 Å². The van der Waals surface area contributed by atoms with Crippen LogP contribution in [0.3, 0.4) is 0 Å². The molecule has 0 unspecified atom stereocenters. The van der Waals surface area contributed by atoms with Crippen molar-refractivity contribution in [3.05, 3.63) is 47.5 Å². The molecule has 0 saturated heterocycles. The number of nitrogens with zero attached hydrogens (tertiary/aromatic N) is 1. The summed E-state index contributed by atoms with van der Waals surface area (Å²) >= 11 is 0. The van der Waals surface area contributed by atoms with Gasteiger partial charge in [-0.3, -0.25) is 0 Å².